The van der Waals surface area contributed by atoms with Gasteiger partial charge in [0.25, 0.3) is 0 Å². The Morgan fingerprint density at radius 2 is 1.78 bits per heavy atom. The van der Waals surface area contributed by atoms with Crippen molar-refractivity contribution in [1.29, 1.82) is 0 Å². The zero-order chi connectivity index (χ0) is 13.9. The highest BCUT2D eigenvalue weighted by atomic mass is 16.4. The number of aromatic nitrogens is 1. The van der Waals surface area contributed by atoms with E-state index in [1.54, 1.807) is 6.92 Å². The summed E-state index contributed by atoms with van der Waals surface area (Å²) in [6.07, 6.45) is 1.39. The maximum atomic E-state index is 11.3. The number of hydrogen-bond donors (Lipinski definition) is 2. The standard InChI is InChI=1S/C12H16N2O4/c1-4-14(5-2)10-7(3)6-13-9(12(17)18)8(10)11(15)16/h6H,4-5H2,1-3H3,(H,15,16)(H,17,18). The highest BCUT2D eigenvalue weighted by Gasteiger charge is 2.25. The third kappa shape index (κ3) is 2.42. The number of pyridine rings is 1. The number of anilines is 1. The lowest BCUT2D eigenvalue weighted by atomic mass is 10.1. The van der Waals surface area contributed by atoms with E-state index in [1.807, 2.05) is 18.7 Å². The van der Waals surface area contributed by atoms with Crippen LogP contribution in [0.5, 0.6) is 0 Å². The van der Waals surface area contributed by atoms with Crippen LogP contribution in [0.1, 0.15) is 40.3 Å². The van der Waals surface area contributed by atoms with Gasteiger partial charge in [0.15, 0.2) is 5.69 Å². The topological polar surface area (TPSA) is 90.7 Å². The summed E-state index contributed by atoms with van der Waals surface area (Å²) >= 11 is 0. The average Bonchev–Trinajstić information content (AvgIpc) is 2.31. The molecular weight excluding hydrogens is 236 g/mol. The molecule has 6 nitrogen and oxygen atoms in total. The summed E-state index contributed by atoms with van der Waals surface area (Å²) in [6.45, 7) is 6.69. The summed E-state index contributed by atoms with van der Waals surface area (Å²) < 4.78 is 0. The molecule has 0 aromatic carbocycles. The van der Waals surface area contributed by atoms with Gasteiger partial charge in [-0.15, -0.1) is 0 Å². The third-order valence-electron chi connectivity index (χ3n) is 2.73. The Hall–Kier alpha value is -2.11. The van der Waals surface area contributed by atoms with E-state index >= 15 is 0 Å². The van der Waals surface area contributed by atoms with Crippen LogP contribution >= 0.6 is 0 Å². The summed E-state index contributed by atoms with van der Waals surface area (Å²) in [6, 6.07) is 0. The largest absolute Gasteiger partial charge is 0.478 e. The normalized spacial score (nSPS) is 10.2. The summed E-state index contributed by atoms with van der Waals surface area (Å²) in [5.74, 6) is -2.61. The Morgan fingerprint density at radius 3 is 2.17 bits per heavy atom. The predicted molar refractivity (Wildman–Crippen MR) is 66.5 cm³/mol. The SMILES string of the molecule is CCN(CC)c1c(C)cnc(C(=O)O)c1C(=O)O. The molecule has 0 saturated heterocycles. The number of aromatic carboxylic acids is 2. The predicted octanol–water partition coefficient (Wildman–Crippen LogP) is 1.63. The summed E-state index contributed by atoms with van der Waals surface area (Å²) in [4.78, 5) is 27.9. The molecule has 0 unspecified atom stereocenters. The van der Waals surface area contributed by atoms with Gasteiger partial charge in [0, 0.05) is 19.3 Å². The first kappa shape index (κ1) is 14.0. The molecule has 0 aliphatic heterocycles. The number of carboxylic acid groups (broad SMARTS) is 2. The first-order valence-electron chi connectivity index (χ1n) is 5.65. The second kappa shape index (κ2) is 5.48. The van der Waals surface area contributed by atoms with Crippen molar-refractivity contribution in [3.8, 4) is 0 Å². The van der Waals surface area contributed by atoms with Gasteiger partial charge in [0.05, 0.1) is 5.69 Å². The molecule has 0 saturated carbocycles. The van der Waals surface area contributed by atoms with Gasteiger partial charge >= 0.3 is 11.9 Å². The van der Waals surface area contributed by atoms with Crippen molar-refractivity contribution in [3.05, 3.63) is 23.0 Å². The first-order chi connectivity index (χ1) is 8.43. The number of carbonyl (C=O) groups is 2. The van der Waals surface area contributed by atoms with Crippen LogP contribution in [0.4, 0.5) is 5.69 Å². The van der Waals surface area contributed by atoms with Gasteiger partial charge in [0.1, 0.15) is 5.56 Å². The van der Waals surface area contributed by atoms with Crippen molar-refractivity contribution in [2.24, 2.45) is 0 Å². The second-order valence-electron chi connectivity index (χ2n) is 3.80. The van der Waals surface area contributed by atoms with E-state index in [2.05, 4.69) is 4.98 Å². The summed E-state index contributed by atoms with van der Waals surface area (Å²) in [5, 5.41) is 18.2. The minimum atomic E-state index is -1.33. The Labute approximate surface area is 105 Å². The molecule has 0 amide bonds. The highest BCUT2D eigenvalue weighted by molar-refractivity contribution is 6.05. The Bertz CT molecular complexity index is 481. The van der Waals surface area contributed by atoms with Gasteiger partial charge in [0.2, 0.25) is 0 Å². The maximum absolute atomic E-state index is 11.3. The van der Waals surface area contributed by atoms with Crippen LogP contribution in [0.25, 0.3) is 0 Å². The fourth-order valence-corrected chi connectivity index (χ4v) is 1.91. The second-order valence-corrected chi connectivity index (χ2v) is 3.80. The molecule has 18 heavy (non-hydrogen) atoms. The van der Waals surface area contributed by atoms with Crippen LogP contribution < -0.4 is 4.90 Å². The van der Waals surface area contributed by atoms with Gasteiger partial charge in [-0.2, -0.15) is 0 Å². The van der Waals surface area contributed by atoms with E-state index in [1.165, 1.54) is 6.20 Å². The molecule has 0 bridgehead atoms. The lowest BCUT2D eigenvalue weighted by molar-refractivity contribution is 0.0646. The molecule has 0 fully saturated rings. The van der Waals surface area contributed by atoms with Crippen LogP contribution in [0.3, 0.4) is 0 Å². The molecule has 1 aromatic rings. The Morgan fingerprint density at radius 1 is 1.22 bits per heavy atom. The maximum Gasteiger partial charge on any atom is 0.355 e. The lowest BCUT2D eigenvalue weighted by Gasteiger charge is -2.25. The lowest BCUT2D eigenvalue weighted by Crippen LogP contribution is -2.27. The van der Waals surface area contributed by atoms with Crippen LogP contribution in [0.2, 0.25) is 0 Å². The zero-order valence-corrected chi connectivity index (χ0v) is 10.6. The molecule has 2 N–H and O–H groups in total. The molecule has 1 heterocycles. The monoisotopic (exact) mass is 252 g/mol. The van der Waals surface area contributed by atoms with E-state index in [-0.39, 0.29) is 5.56 Å². The van der Waals surface area contributed by atoms with E-state index in [0.717, 1.165) is 0 Å². The number of carboxylic acids is 2. The van der Waals surface area contributed by atoms with Crippen LogP contribution in [0.15, 0.2) is 6.20 Å². The minimum absolute atomic E-state index is 0.244. The van der Waals surface area contributed by atoms with Crippen LogP contribution in [-0.2, 0) is 0 Å². The van der Waals surface area contributed by atoms with Gasteiger partial charge in [-0.05, 0) is 26.3 Å². The average molecular weight is 252 g/mol. The molecule has 1 aromatic heterocycles. The van der Waals surface area contributed by atoms with Gasteiger partial charge < -0.3 is 15.1 Å². The van der Waals surface area contributed by atoms with Crippen molar-refractivity contribution in [2.45, 2.75) is 20.8 Å². The zero-order valence-electron chi connectivity index (χ0n) is 10.6. The van der Waals surface area contributed by atoms with Crippen LogP contribution in [0, 0.1) is 6.92 Å². The molecule has 0 spiro atoms. The van der Waals surface area contributed by atoms with Crippen molar-refractivity contribution < 1.29 is 19.8 Å². The quantitative estimate of drug-likeness (QED) is 0.827. The number of aryl methyl sites for hydroxylation is 1. The molecular formula is C12H16N2O4. The van der Waals surface area contributed by atoms with E-state index in [9.17, 15) is 14.7 Å². The van der Waals surface area contributed by atoms with Crippen molar-refractivity contribution in [3.63, 3.8) is 0 Å². The molecule has 0 atom stereocenters. The smallest absolute Gasteiger partial charge is 0.355 e. The van der Waals surface area contributed by atoms with Crippen molar-refractivity contribution >= 4 is 17.6 Å². The first-order valence-corrected chi connectivity index (χ1v) is 5.65. The van der Waals surface area contributed by atoms with Crippen LogP contribution in [-0.4, -0.2) is 40.2 Å². The van der Waals surface area contributed by atoms with E-state index in [0.29, 0.717) is 24.3 Å². The van der Waals surface area contributed by atoms with Crippen molar-refractivity contribution in [1.82, 2.24) is 4.98 Å². The fourth-order valence-electron chi connectivity index (χ4n) is 1.91. The highest BCUT2D eigenvalue weighted by Crippen LogP contribution is 2.27. The Kier molecular flexibility index (Phi) is 4.25. The number of rotatable bonds is 5. The van der Waals surface area contributed by atoms with Gasteiger partial charge in [-0.1, -0.05) is 0 Å². The molecule has 98 valence electrons. The van der Waals surface area contributed by atoms with E-state index < -0.39 is 17.6 Å². The summed E-state index contributed by atoms with van der Waals surface area (Å²) in [7, 11) is 0. The molecule has 0 aliphatic rings. The number of hydrogen-bond acceptors (Lipinski definition) is 4. The fraction of sp³-hybridized carbons (Fsp3) is 0.417. The third-order valence-corrected chi connectivity index (χ3v) is 2.73. The van der Waals surface area contributed by atoms with Crippen molar-refractivity contribution in [2.75, 3.05) is 18.0 Å². The molecule has 0 radical (unpaired) electrons. The summed E-state index contributed by atoms with van der Waals surface area (Å²) in [5.41, 5.74) is 0.419. The Balaban J connectivity index is 3.60. The molecule has 6 heteroatoms. The molecule has 0 aliphatic carbocycles. The van der Waals surface area contributed by atoms with Gasteiger partial charge in [-0.25, -0.2) is 14.6 Å². The molecule has 1 rings (SSSR count). The van der Waals surface area contributed by atoms with E-state index in [4.69, 9.17) is 5.11 Å². The van der Waals surface area contributed by atoms with Gasteiger partial charge in [-0.3, -0.25) is 0 Å². The number of nitrogens with zero attached hydrogens (tertiary/aromatic N) is 2. The minimum Gasteiger partial charge on any atom is -0.478 e.